The molecule has 3 rings (SSSR count). The van der Waals surface area contributed by atoms with Crippen LogP contribution < -0.4 is 5.73 Å². The van der Waals surface area contributed by atoms with Crippen LogP contribution in [0.2, 0.25) is 0 Å². The number of nitrogens with zero attached hydrogens (tertiary/aromatic N) is 1. The summed E-state index contributed by atoms with van der Waals surface area (Å²) in [5.41, 5.74) is 5.81. The Morgan fingerprint density at radius 1 is 1.18 bits per heavy atom. The van der Waals surface area contributed by atoms with E-state index in [1.54, 1.807) is 28.6 Å². The van der Waals surface area contributed by atoms with Crippen LogP contribution in [0.3, 0.4) is 0 Å². The smallest absolute Gasteiger partial charge is 0.243 e. The predicted molar refractivity (Wildman–Crippen MR) is 67.9 cm³/mol. The molecule has 2 atom stereocenters. The van der Waals surface area contributed by atoms with E-state index in [0.29, 0.717) is 29.8 Å². The fourth-order valence-corrected chi connectivity index (χ4v) is 4.26. The first-order valence-electron chi connectivity index (χ1n) is 5.51. The SMILES string of the molecule is NC1C2CN(S(=O)(=O)c3ccc(Br)cc3)CC12. The number of fused-ring (bicyclic) bond motifs is 1. The van der Waals surface area contributed by atoms with Crippen LogP contribution in [0.1, 0.15) is 0 Å². The quantitative estimate of drug-likeness (QED) is 0.886. The molecule has 17 heavy (non-hydrogen) atoms. The molecule has 0 spiro atoms. The minimum Gasteiger partial charge on any atom is -0.327 e. The number of benzene rings is 1. The third-order valence-electron chi connectivity index (χ3n) is 3.68. The average Bonchev–Trinajstić information content (AvgIpc) is 2.76. The number of nitrogens with two attached hydrogens (primary N) is 1. The van der Waals surface area contributed by atoms with Crippen LogP contribution in [0, 0.1) is 11.8 Å². The molecule has 0 bridgehead atoms. The lowest BCUT2D eigenvalue weighted by atomic mass is 10.4. The summed E-state index contributed by atoms with van der Waals surface area (Å²) in [5.74, 6) is 0.750. The minimum absolute atomic E-state index is 0.214. The second-order valence-corrected chi connectivity index (χ2v) is 7.53. The van der Waals surface area contributed by atoms with Crippen molar-refractivity contribution < 1.29 is 8.42 Å². The zero-order chi connectivity index (χ0) is 12.2. The molecule has 1 aromatic rings. The van der Waals surface area contributed by atoms with Crippen LogP contribution in [-0.2, 0) is 10.0 Å². The summed E-state index contributed by atoms with van der Waals surface area (Å²) in [6.07, 6.45) is 0. The van der Waals surface area contributed by atoms with Crippen LogP contribution >= 0.6 is 15.9 Å². The van der Waals surface area contributed by atoms with Gasteiger partial charge in [-0.1, -0.05) is 15.9 Å². The summed E-state index contributed by atoms with van der Waals surface area (Å²) in [6, 6.07) is 6.96. The van der Waals surface area contributed by atoms with Crippen molar-refractivity contribution in [3.63, 3.8) is 0 Å². The van der Waals surface area contributed by atoms with Gasteiger partial charge in [0.25, 0.3) is 0 Å². The van der Waals surface area contributed by atoms with E-state index >= 15 is 0 Å². The van der Waals surface area contributed by atoms with Gasteiger partial charge in [-0.15, -0.1) is 0 Å². The molecule has 92 valence electrons. The van der Waals surface area contributed by atoms with Crippen LogP contribution in [0.4, 0.5) is 0 Å². The second kappa shape index (κ2) is 3.78. The monoisotopic (exact) mass is 316 g/mol. The summed E-state index contributed by atoms with van der Waals surface area (Å²) in [4.78, 5) is 0.357. The third-order valence-corrected chi connectivity index (χ3v) is 6.05. The highest BCUT2D eigenvalue weighted by molar-refractivity contribution is 9.10. The summed E-state index contributed by atoms with van der Waals surface area (Å²) >= 11 is 3.30. The van der Waals surface area contributed by atoms with Gasteiger partial charge in [0.1, 0.15) is 0 Å². The van der Waals surface area contributed by atoms with E-state index in [1.165, 1.54) is 0 Å². The van der Waals surface area contributed by atoms with Crippen LogP contribution in [0.25, 0.3) is 0 Å². The first-order valence-corrected chi connectivity index (χ1v) is 7.75. The number of halogens is 1. The lowest BCUT2D eigenvalue weighted by molar-refractivity contribution is 0.432. The summed E-state index contributed by atoms with van der Waals surface area (Å²) in [7, 11) is -3.32. The molecule has 0 aromatic heterocycles. The molecule has 0 amide bonds. The minimum atomic E-state index is -3.32. The van der Waals surface area contributed by atoms with E-state index < -0.39 is 10.0 Å². The van der Waals surface area contributed by atoms with Gasteiger partial charge in [-0.3, -0.25) is 0 Å². The maximum absolute atomic E-state index is 12.3. The number of hydrogen-bond donors (Lipinski definition) is 1. The first-order chi connectivity index (χ1) is 8.00. The fraction of sp³-hybridized carbons (Fsp3) is 0.455. The number of piperidine rings is 1. The molecule has 1 aliphatic heterocycles. The fourth-order valence-electron chi connectivity index (χ4n) is 2.49. The molecule has 1 saturated heterocycles. The van der Waals surface area contributed by atoms with E-state index in [-0.39, 0.29) is 6.04 Å². The van der Waals surface area contributed by atoms with Gasteiger partial charge in [-0.2, -0.15) is 4.31 Å². The molecule has 1 aliphatic carbocycles. The van der Waals surface area contributed by atoms with Crippen LogP contribution in [0.15, 0.2) is 33.6 Å². The van der Waals surface area contributed by atoms with Crippen molar-refractivity contribution in [1.29, 1.82) is 0 Å². The third kappa shape index (κ3) is 1.83. The van der Waals surface area contributed by atoms with Gasteiger partial charge in [-0.05, 0) is 36.1 Å². The molecule has 4 nitrogen and oxygen atoms in total. The maximum atomic E-state index is 12.3. The van der Waals surface area contributed by atoms with E-state index in [2.05, 4.69) is 15.9 Å². The maximum Gasteiger partial charge on any atom is 0.243 e. The standard InChI is InChI=1S/C11H13BrN2O2S/c12-7-1-3-8(4-2-7)17(15,16)14-5-9-10(6-14)11(9)13/h1-4,9-11H,5-6,13H2. The van der Waals surface area contributed by atoms with Crippen molar-refractivity contribution in [2.24, 2.45) is 17.6 Å². The van der Waals surface area contributed by atoms with Crippen molar-refractivity contribution in [2.75, 3.05) is 13.1 Å². The Morgan fingerprint density at radius 3 is 2.24 bits per heavy atom. The van der Waals surface area contributed by atoms with E-state index in [4.69, 9.17) is 5.73 Å². The summed E-state index contributed by atoms with van der Waals surface area (Å²) in [5, 5.41) is 0. The molecule has 1 saturated carbocycles. The number of rotatable bonds is 2. The molecular weight excluding hydrogens is 304 g/mol. The van der Waals surface area contributed by atoms with Gasteiger partial charge in [0.15, 0.2) is 0 Å². The molecule has 2 fully saturated rings. The van der Waals surface area contributed by atoms with Crippen LogP contribution in [0.5, 0.6) is 0 Å². The van der Waals surface area contributed by atoms with Gasteiger partial charge in [0, 0.05) is 23.6 Å². The molecule has 1 heterocycles. The van der Waals surface area contributed by atoms with E-state index in [1.807, 2.05) is 0 Å². The Morgan fingerprint density at radius 2 is 1.71 bits per heavy atom. The zero-order valence-electron chi connectivity index (χ0n) is 9.08. The topological polar surface area (TPSA) is 63.4 Å². The Bertz CT molecular complexity index is 531. The number of hydrogen-bond acceptors (Lipinski definition) is 3. The van der Waals surface area contributed by atoms with Gasteiger partial charge in [-0.25, -0.2) is 8.42 Å². The largest absolute Gasteiger partial charge is 0.327 e. The zero-order valence-corrected chi connectivity index (χ0v) is 11.5. The van der Waals surface area contributed by atoms with Gasteiger partial charge in [0.2, 0.25) is 10.0 Å². The molecule has 0 radical (unpaired) electrons. The molecule has 1 aromatic carbocycles. The highest BCUT2D eigenvalue weighted by atomic mass is 79.9. The Labute approximate surface area is 109 Å². The second-order valence-electron chi connectivity index (χ2n) is 4.68. The molecule has 2 unspecified atom stereocenters. The molecule has 2 N–H and O–H groups in total. The highest BCUT2D eigenvalue weighted by Gasteiger charge is 2.56. The van der Waals surface area contributed by atoms with Crippen molar-refractivity contribution in [2.45, 2.75) is 10.9 Å². The lowest BCUT2D eigenvalue weighted by Crippen LogP contribution is -2.33. The summed E-state index contributed by atoms with van der Waals surface area (Å²) < 4.78 is 27.0. The predicted octanol–water partition coefficient (Wildman–Crippen LogP) is 1.03. The van der Waals surface area contributed by atoms with Gasteiger partial charge < -0.3 is 5.73 Å². The normalized spacial score (nSPS) is 32.5. The highest BCUT2D eigenvalue weighted by Crippen LogP contribution is 2.45. The lowest BCUT2D eigenvalue weighted by Gasteiger charge is -2.18. The Kier molecular flexibility index (Phi) is 2.59. The number of sulfonamides is 1. The Hall–Kier alpha value is -0.430. The first kappa shape index (κ1) is 11.6. The molecule has 6 heteroatoms. The molecule has 2 aliphatic rings. The van der Waals surface area contributed by atoms with Gasteiger partial charge >= 0.3 is 0 Å². The van der Waals surface area contributed by atoms with Gasteiger partial charge in [0.05, 0.1) is 4.90 Å². The molecular formula is C11H13BrN2O2S. The van der Waals surface area contributed by atoms with Crippen molar-refractivity contribution in [3.8, 4) is 0 Å². The van der Waals surface area contributed by atoms with Crippen LogP contribution in [-0.4, -0.2) is 31.9 Å². The van der Waals surface area contributed by atoms with E-state index in [9.17, 15) is 8.42 Å². The Balaban J connectivity index is 1.85. The van der Waals surface area contributed by atoms with Crippen molar-refractivity contribution in [3.05, 3.63) is 28.7 Å². The average molecular weight is 317 g/mol. The summed E-state index contributed by atoms with van der Waals surface area (Å²) in [6.45, 7) is 1.15. The van der Waals surface area contributed by atoms with Crippen molar-refractivity contribution in [1.82, 2.24) is 4.31 Å². The van der Waals surface area contributed by atoms with E-state index in [0.717, 1.165) is 4.47 Å². The van der Waals surface area contributed by atoms with Crippen molar-refractivity contribution >= 4 is 26.0 Å².